The number of nitrogens with two attached hydrogens (primary N) is 1. The molecule has 0 atom stereocenters. The average molecular weight is 224 g/mol. The lowest BCUT2D eigenvalue weighted by molar-refractivity contribution is -0.121. The van der Waals surface area contributed by atoms with Gasteiger partial charge in [0.25, 0.3) is 0 Å². The lowest BCUT2D eigenvalue weighted by atomic mass is 10.3. The second kappa shape index (κ2) is 3.95. The second-order valence-corrected chi connectivity index (χ2v) is 3.26. The maximum Gasteiger partial charge on any atom is 0.406 e. The molecule has 0 saturated carbocycles. The smallest absolute Gasteiger partial charge is 0.390 e. The van der Waals surface area contributed by atoms with Crippen LogP contribution in [0.3, 0.4) is 0 Å². The fourth-order valence-corrected chi connectivity index (χ4v) is 1.01. The lowest BCUT2D eigenvalue weighted by Gasteiger charge is -2.25. The third kappa shape index (κ3) is 3.30. The van der Waals surface area contributed by atoms with Crippen molar-refractivity contribution in [3.8, 4) is 0 Å². The van der Waals surface area contributed by atoms with Gasteiger partial charge in [0.15, 0.2) is 0 Å². The predicted octanol–water partition coefficient (Wildman–Crippen LogP) is 1.43. The van der Waals surface area contributed by atoms with E-state index < -0.39 is 18.8 Å². The van der Waals surface area contributed by atoms with Gasteiger partial charge in [-0.05, 0) is 13.8 Å². The van der Waals surface area contributed by atoms with E-state index in [4.69, 9.17) is 10.2 Å². The summed E-state index contributed by atoms with van der Waals surface area (Å²) in [5.41, 5.74) is 5.13. The topological polar surface area (TPSA) is 68.2 Å². The molecular weight excluding hydrogens is 213 g/mol. The zero-order valence-corrected chi connectivity index (χ0v) is 8.25. The highest BCUT2D eigenvalue weighted by molar-refractivity contribution is 5.29. The van der Waals surface area contributed by atoms with Gasteiger partial charge in [0.1, 0.15) is 6.54 Å². The number of nitrogen functional groups attached to an aromatic ring is 1. The minimum Gasteiger partial charge on any atom is -0.390 e. The van der Waals surface area contributed by atoms with Crippen LogP contribution in [0.25, 0.3) is 0 Å². The van der Waals surface area contributed by atoms with Crippen LogP contribution >= 0.6 is 0 Å². The summed E-state index contributed by atoms with van der Waals surface area (Å²) >= 11 is 0. The second-order valence-electron chi connectivity index (χ2n) is 3.26. The number of alkyl halides is 3. The summed E-state index contributed by atoms with van der Waals surface area (Å²) in [6.45, 7) is 2.03. The average Bonchev–Trinajstić information content (AvgIpc) is 2.45. The van der Waals surface area contributed by atoms with Crippen LogP contribution in [0.1, 0.15) is 13.8 Å². The normalized spacial score (nSPS) is 12.1. The van der Waals surface area contributed by atoms with Gasteiger partial charge >= 0.3 is 18.2 Å². The van der Waals surface area contributed by atoms with Crippen molar-refractivity contribution in [3.05, 3.63) is 0 Å². The van der Waals surface area contributed by atoms with Crippen LogP contribution in [-0.4, -0.2) is 29.0 Å². The van der Waals surface area contributed by atoms with Gasteiger partial charge in [-0.15, -0.1) is 0 Å². The zero-order valence-electron chi connectivity index (χ0n) is 8.25. The first-order chi connectivity index (χ1) is 6.79. The van der Waals surface area contributed by atoms with Crippen LogP contribution in [0.2, 0.25) is 0 Å². The molecule has 1 heterocycles. The molecule has 0 fully saturated rings. The van der Waals surface area contributed by atoms with Crippen molar-refractivity contribution >= 4 is 12.0 Å². The third-order valence-corrected chi connectivity index (χ3v) is 1.65. The minimum atomic E-state index is -4.33. The summed E-state index contributed by atoms with van der Waals surface area (Å²) in [5.74, 6) is 0. The van der Waals surface area contributed by atoms with Crippen molar-refractivity contribution in [2.45, 2.75) is 26.1 Å². The third-order valence-electron chi connectivity index (χ3n) is 1.65. The van der Waals surface area contributed by atoms with Crippen LogP contribution in [-0.2, 0) is 0 Å². The Hall–Kier alpha value is -1.47. The van der Waals surface area contributed by atoms with E-state index in [0.717, 1.165) is 4.90 Å². The van der Waals surface area contributed by atoms with Crippen LogP contribution in [0, 0.1) is 0 Å². The molecule has 0 bridgehead atoms. The Morgan fingerprint density at radius 3 is 2.33 bits per heavy atom. The van der Waals surface area contributed by atoms with Crippen LogP contribution in [0.5, 0.6) is 0 Å². The molecule has 8 heteroatoms. The molecule has 15 heavy (non-hydrogen) atoms. The van der Waals surface area contributed by atoms with E-state index in [0.29, 0.717) is 0 Å². The minimum absolute atomic E-state index is 0.222. The molecule has 2 N–H and O–H groups in total. The molecule has 0 radical (unpaired) electrons. The van der Waals surface area contributed by atoms with E-state index in [2.05, 4.69) is 10.2 Å². The monoisotopic (exact) mass is 224 g/mol. The van der Waals surface area contributed by atoms with Crippen molar-refractivity contribution < 1.29 is 17.6 Å². The molecule has 0 saturated heterocycles. The largest absolute Gasteiger partial charge is 0.406 e. The van der Waals surface area contributed by atoms with Crippen LogP contribution < -0.4 is 10.6 Å². The SMILES string of the molecule is CC(C)N(CC(F)(F)F)c1nnc(N)o1. The highest BCUT2D eigenvalue weighted by Gasteiger charge is 2.34. The first kappa shape index (κ1) is 11.6. The summed E-state index contributed by atoms with van der Waals surface area (Å²) in [5, 5.41) is 6.71. The van der Waals surface area contributed by atoms with E-state index in [9.17, 15) is 13.2 Å². The quantitative estimate of drug-likeness (QED) is 0.841. The Bertz CT molecular complexity index is 322. The van der Waals surface area contributed by atoms with Crippen molar-refractivity contribution in [3.63, 3.8) is 0 Å². The number of hydrogen-bond donors (Lipinski definition) is 1. The van der Waals surface area contributed by atoms with E-state index in [1.807, 2.05) is 0 Å². The molecule has 0 aliphatic heterocycles. The lowest BCUT2D eigenvalue weighted by Crippen LogP contribution is -2.39. The molecule has 0 unspecified atom stereocenters. The number of rotatable bonds is 3. The van der Waals surface area contributed by atoms with E-state index in [-0.39, 0.29) is 12.0 Å². The van der Waals surface area contributed by atoms with Gasteiger partial charge in [0, 0.05) is 6.04 Å². The number of halogens is 3. The molecule has 0 aliphatic carbocycles. The Labute approximate surface area is 84.1 Å². The van der Waals surface area contributed by atoms with Crippen molar-refractivity contribution in [1.82, 2.24) is 10.2 Å². The van der Waals surface area contributed by atoms with E-state index >= 15 is 0 Å². The molecule has 0 aliphatic rings. The molecule has 86 valence electrons. The van der Waals surface area contributed by atoms with Gasteiger partial charge in [-0.3, -0.25) is 0 Å². The van der Waals surface area contributed by atoms with Crippen molar-refractivity contribution in [2.24, 2.45) is 0 Å². The van der Waals surface area contributed by atoms with Gasteiger partial charge < -0.3 is 15.1 Å². The first-order valence-corrected chi connectivity index (χ1v) is 4.22. The predicted molar refractivity (Wildman–Crippen MR) is 47.2 cm³/mol. The van der Waals surface area contributed by atoms with Gasteiger partial charge in [-0.1, -0.05) is 10.2 Å². The Morgan fingerprint density at radius 2 is 2.00 bits per heavy atom. The molecule has 5 nitrogen and oxygen atoms in total. The van der Waals surface area contributed by atoms with Gasteiger partial charge in [-0.25, -0.2) is 0 Å². The molecular formula is C7H11F3N4O. The molecule has 1 aromatic heterocycles. The molecule has 0 amide bonds. The highest BCUT2D eigenvalue weighted by atomic mass is 19.4. The van der Waals surface area contributed by atoms with E-state index in [1.165, 1.54) is 0 Å². The van der Waals surface area contributed by atoms with Gasteiger partial charge in [0.05, 0.1) is 0 Å². The van der Waals surface area contributed by atoms with E-state index in [1.54, 1.807) is 13.8 Å². The summed E-state index contributed by atoms with van der Waals surface area (Å²) in [6, 6.07) is -0.885. The number of hydrogen-bond acceptors (Lipinski definition) is 5. The van der Waals surface area contributed by atoms with Gasteiger partial charge in [0.2, 0.25) is 0 Å². The molecule has 0 spiro atoms. The number of anilines is 2. The zero-order chi connectivity index (χ0) is 11.6. The van der Waals surface area contributed by atoms with Gasteiger partial charge in [-0.2, -0.15) is 13.2 Å². The number of nitrogens with zero attached hydrogens (tertiary/aromatic N) is 3. The molecule has 0 aromatic carbocycles. The standard InChI is InChI=1S/C7H11F3N4O/c1-4(2)14(3-7(8,9)10)6-13-12-5(11)15-6/h4H,3H2,1-2H3,(H2,11,12). The summed E-state index contributed by atoms with van der Waals surface area (Å²) < 4.78 is 41.3. The summed E-state index contributed by atoms with van der Waals surface area (Å²) in [4.78, 5) is 0.934. The molecule has 1 aromatic rings. The fourth-order valence-electron chi connectivity index (χ4n) is 1.01. The number of aromatic nitrogens is 2. The van der Waals surface area contributed by atoms with Crippen LogP contribution in [0.4, 0.5) is 25.2 Å². The first-order valence-electron chi connectivity index (χ1n) is 4.22. The Balaban J connectivity index is 2.84. The fraction of sp³-hybridized carbons (Fsp3) is 0.714. The Morgan fingerprint density at radius 1 is 1.40 bits per heavy atom. The summed E-state index contributed by atoms with van der Waals surface area (Å²) in [7, 11) is 0. The summed E-state index contributed by atoms with van der Waals surface area (Å²) in [6.07, 6.45) is -4.33. The maximum absolute atomic E-state index is 12.2. The van der Waals surface area contributed by atoms with Crippen molar-refractivity contribution in [2.75, 3.05) is 17.2 Å². The van der Waals surface area contributed by atoms with Crippen molar-refractivity contribution in [1.29, 1.82) is 0 Å². The highest BCUT2D eigenvalue weighted by Crippen LogP contribution is 2.23. The maximum atomic E-state index is 12.2. The molecule has 1 rings (SSSR count). The Kier molecular flexibility index (Phi) is 3.06. The van der Waals surface area contributed by atoms with Crippen LogP contribution in [0.15, 0.2) is 4.42 Å².